The Bertz CT molecular complexity index is 587. The minimum absolute atomic E-state index is 0.263. The Kier molecular flexibility index (Phi) is 5.24. The number of hydrogen-bond donors (Lipinski definition) is 2. The lowest BCUT2D eigenvalue weighted by Gasteiger charge is -2.17. The monoisotopic (exact) mass is 309 g/mol. The van der Waals surface area contributed by atoms with Gasteiger partial charge in [-0.25, -0.2) is 4.98 Å². The second-order valence-corrected chi connectivity index (χ2v) is 5.50. The smallest absolute Gasteiger partial charge is 0.126 e. The van der Waals surface area contributed by atoms with Crippen molar-refractivity contribution >= 4 is 29.0 Å². The van der Waals surface area contributed by atoms with E-state index in [1.54, 1.807) is 6.20 Å². The van der Waals surface area contributed by atoms with Crippen LogP contribution in [-0.2, 0) is 12.8 Å². The van der Waals surface area contributed by atoms with Gasteiger partial charge in [0.2, 0.25) is 0 Å². The normalized spacial score (nSPS) is 12.3. The van der Waals surface area contributed by atoms with E-state index in [0.717, 1.165) is 24.0 Å². The lowest BCUT2D eigenvalue weighted by atomic mass is 9.99. The summed E-state index contributed by atoms with van der Waals surface area (Å²) in [5.41, 5.74) is 8.07. The number of nitrogens with zero attached hydrogens (tertiary/aromatic N) is 1. The fraction of sp³-hybridized carbons (Fsp3) is 0.267. The second-order valence-electron chi connectivity index (χ2n) is 4.69. The molecule has 0 saturated heterocycles. The number of aromatic nitrogens is 1. The van der Waals surface area contributed by atoms with E-state index in [2.05, 4.69) is 10.3 Å². The van der Waals surface area contributed by atoms with Gasteiger partial charge in [0, 0.05) is 12.2 Å². The summed E-state index contributed by atoms with van der Waals surface area (Å²) in [5.74, 6) is 0.585. The fourth-order valence-corrected chi connectivity index (χ4v) is 2.44. The molecule has 0 fully saturated rings. The topological polar surface area (TPSA) is 50.9 Å². The molecule has 0 saturated carbocycles. The molecule has 1 aromatic heterocycles. The van der Waals surface area contributed by atoms with Crippen LogP contribution in [0.2, 0.25) is 10.0 Å². The molecule has 20 heavy (non-hydrogen) atoms. The number of pyridine rings is 1. The maximum absolute atomic E-state index is 6.04. The van der Waals surface area contributed by atoms with Gasteiger partial charge in [-0.2, -0.15) is 0 Å². The summed E-state index contributed by atoms with van der Waals surface area (Å²) in [6.07, 6.45) is 3.37. The first kappa shape index (κ1) is 15.1. The Balaban J connectivity index is 2.09. The molecule has 0 spiro atoms. The number of likely N-dealkylation sites (N-methyl/N-ethyl adjacent to an activating group) is 1. The van der Waals surface area contributed by atoms with Gasteiger partial charge in [0.15, 0.2) is 0 Å². The molecule has 0 aliphatic carbocycles. The maximum Gasteiger partial charge on any atom is 0.126 e. The number of nitrogen functional groups attached to an aromatic ring is 1. The van der Waals surface area contributed by atoms with Gasteiger partial charge in [-0.3, -0.25) is 0 Å². The zero-order valence-corrected chi connectivity index (χ0v) is 12.7. The van der Waals surface area contributed by atoms with Crippen LogP contribution in [0.1, 0.15) is 11.1 Å². The van der Waals surface area contributed by atoms with Crippen molar-refractivity contribution in [1.29, 1.82) is 0 Å². The third-order valence-electron chi connectivity index (χ3n) is 3.27. The van der Waals surface area contributed by atoms with Gasteiger partial charge < -0.3 is 11.1 Å². The summed E-state index contributed by atoms with van der Waals surface area (Å²) < 4.78 is 0. The number of nitrogens with one attached hydrogen (secondary N) is 1. The molecular formula is C15H17Cl2N3. The fourth-order valence-electron chi connectivity index (χ4n) is 2.12. The third-order valence-corrected chi connectivity index (χ3v) is 4.01. The highest BCUT2D eigenvalue weighted by Crippen LogP contribution is 2.23. The minimum Gasteiger partial charge on any atom is -0.383 e. The van der Waals surface area contributed by atoms with Crippen LogP contribution < -0.4 is 11.1 Å². The predicted molar refractivity (Wildman–Crippen MR) is 85.4 cm³/mol. The van der Waals surface area contributed by atoms with Crippen molar-refractivity contribution in [2.45, 2.75) is 18.9 Å². The Morgan fingerprint density at radius 3 is 2.65 bits per heavy atom. The molecule has 1 unspecified atom stereocenters. The van der Waals surface area contributed by atoms with Crippen molar-refractivity contribution in [1.82, 2.24) is 10.3 Å². The van der Waals surface area contributed by atoms with E-state index in [4.69, 9.17) is 28.9 Å². The zero-order chi connectivity index (χ0) is 14.5. The number of benzene rings is 1. The van der Waals surface area contributed by atoms with E-state index >= 15 is 0 Å². The van der Waals surface area contributed by atoms with Crippen LogP contribution in [-0.4, -0.2) is 18.1 Å². The van der Waals surface area contributed by atoms with Crippen LogP contribution in [0.25, 0.3) is 0 Å². The van der Waals surface area contributed by atoms with Crippen LogP contribution in [0.3, 0.4) is 0 Å². The molecule has 1 heterocycles. The van der Waals surface area contributed by atoms with Gasteiger partial charge in [0.25, 0.3) is 0 Å². The van der Waals surface area contributed by atoms with Crippen LogP contribution in [0.15, 0.2) is 36.5 Å². The molecule has 5 heteroatoms. The molecule has 2 aromatic rings. The lowest BCUT2D eigenvalue weighted by Crippen LogP contribution is -2.30. The van der Waals surface area contributed by atoms with Gasteiger partial charge >= 0.3 is 0 Å². The van der Waals surface area contributed by atoms with Crippen LogP contribution in [0.4, 0.5) is 5.82 Å². The third kappa shape index (κ3) is 3.85. The van der Waals surface area contributed by atoms with E-state index in [9.17, 15) is 0 Å². The van der Waals surface area contributed by atoms with Gasteiger partial charge in [-0.15, -0.1) is 0 Å². The standard InChI is InChI=1S/C15H17Cl2N3/c1-19-12(9-11-3-2-6-20-15(11)18)7-10-4-5-13(16)14(17)8-10/h2-6,8,12,19H,7,9H2,1H3,(H2,18,20). The molecule has 0 aliphatic rings. The molecule has 3 N–H and O–H groups in total. The first-order chi connectivity index (χ1) is 9.60. The quantitative estimate of drug-likeness (QED) is 0.890. The van der Waals surface area contributed by atoms with E-state index in [-0.39, 0.29) is 6.04 Å². The number of nitrogens with two attached hydrogens (primary N) is 1. The van der Waals surface area contributed by atoms with Crippen LogP contribution in [0.5, 0.6) is 0 Å². The molecular weight excluding hydrogens is 293 g/mol. The van der Waals surface area contributed by atoms with Crippen molar-refractivity contribution in [2.75, 3.05) is 12.8 Å². The highest BCUT2D eigenvalue weighted by Gasteiger charge is 2.11. The van der Waals surface area contributed by atoms with Crippen molar-refractivity contribution in [3.63, 3.8) is 0 Å². The summed E-state index contributed by atoms with van der Waals surface area (Å²) in [7, 11) is 1.94. The van der Waals surface area contributed by atoms with Crippen molar-refractivity contribution in [3.05, 3.63) is 57.7 Å². The molecule has 2 rings (SSSR count). The van der Waals surface area contributed by atoms with Crippen molar-refractivity contribution < 1.29 is 0 Å². The SMILES string of the molecule is CNC(Cc1ccc(Cl)c(Cl)c1)Cc1cccnc1N. The highest BCUT2D eigenvalue weighted by atomic mass is 35.5. The largest absolute Gasteiger partial charge is 0.383 e. The molecule has 0 aliphatic heterocycles. The first-order valence-electron chi connectivity index (χ1n) is 6.40. The Hall–Kier alpha value is -1.29. The molecule has 1 aromatic carbocycles. The number of hydrogen-bond acceptors (Lipinski definition) is 3. The van der Waals surface area contributed by atoms with E-state index < -0.39 is 0 Å². The second kappa shape index (κ2) is 6.93. The molecule has 0 bridgehead atoms. The van der Waals surface area contributed by atoms with Gasteiger partial charge in [0.1, 0.15) is 5.82 Å². The van der Waals surface area contributed by atoms with Crippen molar-refractivity contribution in [3.8, 4) is 0 Å². The highest BCUT2D eigenvalue weighted by molar-refractivity contribution is 6.42. The Morgan fingerprint density at radius 2 is 2.00 bits per heavy atom. The predicted octanol–water partition coefficient (Wildman–Crippen LogP) is 3.34. The van der Waals surface area contributed by atoms with E-state index in [1.165, 1.54) is 0 Å². The summed E-state index contributed by atoms with van der Waals surface area (Å²) >= 11 is 12.0. The average Bonchev–Trinajstić information content (AvgIpc) is 2.44. The number of halogens is 2. The Morgan fingerprint density at radius 1 is 1.20 bits per heavy atom. The average molecular weight is 310 g/mol. The Labute approximate surface area is 129 Å². The van der Waals surface area contributed by atoms with Gasteiger partial charge in [-0.1, -0.05) is 35.3 Å². The van der Waals surface area contributed by atoms with E-state index in [1.807, 2.05) is 37.4 Å². The molecule has 3 nitrogen and oxygen atoms in total. The molecule has 0 amide bonds. The molecule has 106 valence electrons. The number of rotatable bonds is 5. The molecule has 1 atom stereocenters. The van der Waals surface area contributed by atoms with Crippen molar-refractivity contribution in [2.24, 2.45) is 0 Å². The summed E-state index contributed by atoms with van der Waals surface area (Å²) in [5, 5.41) is 4.46. The van der Waals surface area contributed by atoms with Crippen LogP contribution in [0, 0.1) is 0 Å². The van der Waals surface area contributed by atoms with Gasteiger partial charge in [-0.05, 0) is 49.2 Å². The van der Waals surface area contributed by atoms with Gasteiger partial charge in [0.05, 0.1) is 10.0 Å². The first-order valence-corrected chi connectivity index (χ1v) is 7.16. The number of anilines is 1. The maximum atomic E-state index is 6.04. The van der Waals surface area contributed by atoms with Crippen LogP contribution >= 0.6 is 23.2 Å². The van der Waals surface area contributed by atoms with E-state index in [0.29, 0.717) is 15.9 Å². The zero-order valence-electron chi connectivity index (χ0n) is 11.2. The summed E-state index contributed by atoms with van der Waals surface area (Å²) in [6, 6.07) is 9.88. The lowest BCUT2D eigenvalue weighted by molar-refractivity contribution is 0.556. The summed E-state index contributed by atoms with van der Waals surface area (Å²) in [6.45, 7) is 0. The molecule has 0 radical (unpaired) electrons. The minimum atomic E-state index is 0.263. The summed E-state index contributed by atoms with van der Waals surface area (Å²) in [4.78, 5) is 4.11.